The SMILES string of the molecule is CC1CC(C)(C)OC(C2CNC(C(=O)O)C2)=N1. The molecule has 17 heavy (non-hydrogen) atoms. The van der Waals surface area contributed by atoms with Crippen molar-refractivity contribution >= 4 is 11.9 Å². The van der Waals surface area contributed by atoms with Crippen LogP contribution in [0.2, 0.25) is 0 Å². The first-order valence-electron chi connectivity index (χ1n) is 6.10. The molecule has 2 aliphatic heterocycles. The van der Waals surface area contributed by atoms with Crippen molar-refractivity contribution in [1.82, 2.24) is 5.32 Å². The maximum Gasteiger partial charge on any atom is 0.320 e. The largest absolute Gasteiger partial charge is 0.480 e. The Morgan fingerprint density at radius 1 is 1.59 bits per heavy atom. The van der Waals surface area contributed by atoms with Gasteiger partial charge < -0.3 is 15.2 Å². The van der Waals surface area contributed by atoms with E-state index in [0.717, 1.165) is 12.3 Å². The van der Waals surface area contributed by atoms with Crippen LogP contribution in [0.3, 0.4) is 0 Å². The smallest absolute Gasteiger partial charge is 0.320 e. The number of hydrogen-bond acceptors (Lipinski definition) is 4. The number of ether oxygens (including phenoxy) is 1. The predicted molar refractivity (Wildman–Crippen MR) is 64.2 cm³/mol. The van der Waals surface area contributed by atoms with Crippen LogP contribution in [0.4, 0.5) is 0 Å². The second-order valence-corrected chi connectivity index (χ2v) is 5.61. The summed E-state index contributed by atoms with van der Waals surface area (Å²) < 4.78 is 5.87. The Hall–Kier alpha value is -1.10. The minimum atomic E-state index is -0.795. The zero-order valence-corrected chi connectivity index (χ0v) is 10.6. The van der Waals surface area contributed by atoms with E-state index in [-0.39, 0.29) is 17.6 Å². The van der Waals surface area contributed by atoms with Crippen molar-refractivity contribution < 1.29 is 14.6 Å². The van der Waals surface area contributed by atoms with Gasteiger partial charge in [-0.2, -0.15) is 0 Å². The summed E-state index contributed by atoms with van der Waals surface area (Å²) in [6.45, 7) is 6.81. The third-order valence-electron chi connectivity index (χ3n) is 3.29. The Morgan fingerprint density at radius 2 is 2.29 bits per heavy atom. The highest BCUT2D eigenvalue weighted by Gasteiger charge is 2.38. The lowest BCUT2D eigenvalue weighted by atomic mass is 9.96. The van der Waals surface area contributed by atoms with E-state index in [1.165, 1.54) is 0 Å². The molecule has 0 aromatic heterocycles. The van der Waals surface area contributed by atoms with Crippen LogP contribution < -0.4 is 5.32 Å². The standard InChI is InChI=1S/C12H20N2O3/c1-7-5-12(2,3)17-10(14-7)8-4-9(11(15)16)13-6-8/h7-9,13H,4-6H2,1-3H3,(H,15,16). The third-order valence-corrected chi connectivity index (χ3v) is 3.29. The molecule has 0 amide bonds. The fraction of sp³-hybridized carbons (Fsp3) is 0.833. The predicted octanol–water partition coefficient (Wildman–Crippen LogP) is 1.03. The van der Waals surface area contributed by atoms with Crippen molar-refractivity contribution in [3.8, 4) is 0 Å². The van der Waals surface area contributed by atoms with Crippen molar-refractivity contribution in [3.05, 3.63) is 0 Å². The Labute approximate surface area is 101 Å². The zero-order chi connectivity index (χ0) is 12.6. The average Bonchev–Trinajstić information content (AvgIpc) is 2.62. The lowest BCUT2D eigenvalue weighted by Gasteiger charge is -2.35. The topological polar surface area (TPSA) is 70.9 Å². The van der Waals surface area contributed by atoms with E-state index in [0.29, 0.717) is 13.0 Å². The Kier molecular flexibility index (Phi) is 3.12. The number of carboxylic acids is 1. The molecule has 2 heterocycles. The molecule has 2 rings (SSSR count). The number of aliphatic carboxylic acids is 1. The van der Waals surface area contributed by atoms with Crippen LogP contribution in [0.25, 0.3) is 0 Å². The molecule has 0 aromatic carbocycles. The lowest BCUT2D eigenvalue weighted by Crippen LogP contribution is -2.39. The molecule has 2 aliphatic rings. The van der Waals surface area contributed by atoms with Crippen LogP contribution in [0, 0.1) is 5.92 Å². The summed E-state index contributed by atoms with van der Waals surface area (Å²) >= 11 is 0. The quantitative estimate of drug-likeness (QED) is 0.756. The van der Waals surface area contributed by atoms with Crippen molar-refractivity contribution in [1.29, 1.82) is 0 Å². The first kappa shape index (κ1) is 12.4. The van der Waals surface area contributed by atoms with Crippen molar-refractivity contribution in [2.24, 2.45) is 10.9 Å². The van der Waals surface area contributed by atoms with Crippen molar-refractivity contribution in [3.63, 3.8) is 0 Å². The molecule has 0 saturated carbocycles. The average molecular weight is 240 g/mol. The highest BCUT2D eigenvalue weighted by atomic mass is 16.5. The number of carbonyl (C=O) groups is 1. The van der Waals surface area contributed by atoms with Gasteiger partial charge in [-0.05, 0) is 27.2 Å². The summed E-state index contributed by atoms with van der Waals surface area (Å²) in [4.78, 5) is 15.4. The normalized spacial score (nSPS) is 36.2. The van der Waals surface area contributed by atoms with Crippen LogP contribution in [0.15, 0.2) is 4.99 Å². The van der Waals surface area contributed by atoms with Crippen LogP contribution in [0.5, 0.6) is 0 Å². The van der Waals surface area contributed by atoms with Gasteiger partial charge in [-0.3, -0.25) is 9.79 Å². The fourth-order valence-electron chi connectivity index (χ4n) is 2.63. The van der Waals surface area contributed by atoms with E-state index in [2.05, 4.69) is 31.1 Å². The van der Waals surface area contributed by atoms with Crippen molar-refractivity contribution in [2.45, 2.75) is 51.3 Å². The van der Waals surface area contributed by atoms with Crippen LogP contribution in [-0.2, 0) is 9.53 Å². The summed E-state index contributed by atoms with van der Waals surface area (Å²) in [5, 5.41) is 11.9. The maximum atomic E-state index is 10.9. The molecule has 5 heteroatoms. The van der Waals surface area contributed by atoms with Crippen LogP contribution >= 0.6 is 0 Å². The molecule has 0 radical (unpaired) electrons. The van der Waals surface area contributed by atoms with Crippen LogP contribution in [0.1, 0.15) is 33.6 Å². The summed E-state index contributed by atoms with van der Waals surface area (Å²) in [5.74, 6) is 0.0272. The van der Waals surface area contributed by atoms with E-state index in [4.69, 9.17) is 9.84 Å². The van der Waals surface area contributed by atoms with Gasteiger partial charge in [-0.15, -0.1) is 0 Å². The molecule has 0 bridgehead atoms. The van der Waals surface area contributed by atoms with Gasteiger partial charge in [-0.1, -0.05) is 0 Å². The van der Waals surface area contributed by atoms with Crippen molar-refractivity contribution in [2.75, 3.05) is 6.54 Å². The summed E-state index contributed by atoms with van der Waals surface area (Å²) in [5.41, 5.74) is -0.197. The number of nitrogens with zero attached hydrogens (tertiary/aromatic N) is 1. The summed E-state index contributed by atoms with van der Waals surface area (Å²) in [6, 6.07) is -0.218. The number of aliphatic imine (C=N–C) groups is 1. The molecule has 5 nitrogen and oxygen atoms in total. The lowest BCUT2D eigenvalue weighted by molar-refractivity contribution is -0.139. The van der Waals surface area contributed by atoms with Gasteiger partial charge in [-0.25, -0.2) is 0 Å². The number of hydrogen-bond donors (Lipinski definition) is 2. The molecule has 3 unspecified atom stereocenters. The van der Waals surface area contributed by atoms with Gasteiger partial charge in [0.25, 0.3) is 0 Å². The van der Waals surface area contributed by atoms with Gasteiger partial charge in [0, 0.05) is 18.9 Å². The van der Waals surface area contributed by atoms with E-state index >= 15 is 0 Å². The fourth-order valence-corrected chi connectivity index (χ4v) is 2.63. The molecule has 0 spiro atoms. The molecular formula is C12H20N2O3. The number of rotatable bonds is 2. The van der Waals surface area contributed by atoms with Gasteiger partial charge in [0.15, 0.2) is 5.90 Å². The second kappa shape index (κ2) is 4.29. The molecule has 2 N–H and O–H groups in total. The Bertz CT molecular complexity index is 352. The van der Waals surface area contributed by atoms with Gasteiger partial charge >= 0.3 is 5.97 Å². The molecule has 1 fully saturated rings. The van der Waals surface area contributed by atoms with E-state index in [9.17, 15) is 4.79 Å². The molecule has 3 atom stereocenters. The number of carboxylic acid groups (broad SMARTS) is 1. The summed E-state index contributed by atoms with van der Waals surface area (Å²) in [6.07, 6.45) is 1.47. The first-order chi connectivity index (χ1) is 7.87. The molecular weight excluding hydrogens is 220 g/mol. The second-order valence-electron chi connectivity index (χ2n) is 5.61. The minimum Gasteiger partial charge on any atom is -0.480 e. The van der Waals surface area contributed by atoms with E-state index in [1.54, 1.807) is 0 Å². The monoisotopic (exact) mass is 240 g/mol. The Balaban J connectivity index is 2.06. The van der Waals surface area contributed by atoms with Crippen LogP contribution in [-0.4, -0.2) is 41.2 Å². The molecule has 96 valence electrons. The minimum absolute atomic E-state index is 0.0955. The molecule has 1 saturated heterocycles. The van der Waals surface area contributed by atoms with Gasteiger partial charge in [0.2, 0.25) is 0 Å². The third kappa shape index (κ3) is 2.77. The summed E-state index contributed by atoms with van der Waals surface area (Å²) in [7, 11) is 0. The highest BCUT2D eigenvalue weighted by Crippen LogP contribution is 2.28. The zero-order valence-electron chi connectivity index (χ0n) is 10.6. The maximum absolute atomic E-state index is 10.9. The Morgan fingerprint density at radius 3 is 2.82 bits per heavy atom. The number of nitrogens with one attached hydrogen (secondary N) is 1. The van der Waals surface area contributed by atoms with E-state index in [1.807, 2.05) is 0 Å². The van der Waals surface area contributed by atoms with Gasteiger partial charge in [0.05, 0.1) is 6.04 Å². The van der Waals surface area contributed by atoms with E-state index < -0.39 is 12.0 Å². The highest BCUT2D eigenvalue weighted by molar-refractivity contribution is 5.83. The van der Waals surface area contributed by atoms with Gasteiger partial charge in [0.1, 0.15) is 11.6 Å². The molecule has 0 aromatic rings. The molecule has 0 aliphatic carbocycles. The first-order valence-corrected chi connectivity index (χ1v) is 6.10.